The van der Waals surface area contributed by atoms with Gasteiger partial charge in [-0.1, -0.05) is 45.7 Å². The summed E-state index contributed by atoms with van der Waals surface area (Å²) in [5, 5.41) is 3.44. The van der Waals surface area contributed by atoms with E-state index < -0.39 is 0 Å². The molecule has 0 aliphatic carbocycles. The van der Waals surface area contributed by atoms with Gasteiger partial charge in [-0.05, 0) is 48.9 Å². The molecule has 2 aromatic carbocycles. The molecule has 0 aliphatic rings. The van der Waals surface area contributed by atoms with Gasteiger partial charge in [0.15, 0.2) is 0 Å². The molecule has 1 N–H and O–H groups in total. The molecule has 0 bridgehead atoms. The third-order valence-electron chi connectivity index (χ3n) is 3.04. The highest BCUT2D eigenvalue weighted by Crippen LogP contribution is 2.23. The van der Waals surface area contributed by atoms with Crippen molar-refractivity contribution in [3.05, 3.63) is 68.9 Å². The fraction of sp³-hybridized carbons (Fsp3) is 0.200. The van der Waals surface area contributed by atoms with E-state index in [4.69, 9.17) is 11.6 Å². The van der Waals surface area contributed by atoms with Gasteiger partial charge >= 0.3 is 0 Å². The van der Waals surface area contributed by atoms with Gasteiger partial charge in [0.2, 0.25) is 0 Å². The SMILES string of the molecule is CNC(Cc1ccc(F)c(Cl)c1)c1ccc(Br)cc1. The van der Waals surface area contributed by atoms with Crippen molar-refractivity contribution >= 4 is 27.5 Å². The molecule has 0 fully saturated rings. The number of halogens is 3. The van der Waals surface area contributed by atoms with Crippen LogP contribution in [0.4, 0.5) is 4.39 Å². The van der Waals surface area contributed by atoms with Crippen LogP contribution in [-0.2, 0) is 6.42 Å². The summed E-state index contributed by atoms with van der Waals surface area (Å²) >= 11 is 9.23. The molecule has 0 spiro atoms. The van der Waals surface area contributed by atoms with Gasteiger partial charge in [-0.3, -0.25) is 0 Å². The monoisotopic (exact) mass is 341 g/mol. The second kappa shape index (κ2) is 6.51. The summed E-state index contributed by atoms with van der Waals surface area (Å²) in [7, 11) is 1.91. The number of rotatable bonds is 4. The maximum atomic E-state index is 13.1. The Morgan fingerprint density at radius 1 is 1.21 bits per heavy atom. The molecule has 0 heterocycles. The first-order chi connectivity index (χ1) is 9.10. The number of hydrogen-bond acceptors (Lipinski definition) is 1. The minimum absolute atomic E-state index is 0.170. The minimum Gasteiger partial charge on any atom is -0.313 e. The molecule has 0 aliphatic heterocycles. The third-order valence-corrected chi connectivity index (χ3v) is 3.86. The van der Waals surface area contributed by atoms with Crippen molar-refractivity contribution in [3.63, 3.8) is 0 Å². The average Bonchev–Trinajstić information content (AvgIpc) is 2.41. The van der Waals surface area contributed by atoms with Crippen LogP contribution in [0.2, 0.25) is 5.02 Å². The van der Waals surface area contributed by atoms with Gasteiger partial charge in [0.25, 0.3) is 0 Å². The molecular weight excluding hydrogens is 329 g/mol. The van der Waals surface area contributed by atoms with Gasteiger partial charge in [-0.2, -0.15) is 0 Å². The van der Waals surface area contributed by atoms with Crippen molar-refractivity contribution in [2.75, 3.05) is 7.05 Å². The van der Waals surface area contributed by atoms with Crippen LogP contribution >= 0.6 is 27.5 Å². The average molecular weight is 343 g/mol. The molecule has 0 amide bonds. The van der Waals surface area contributed by atoms with Gasteiger partial charge in [-0.15, -0.1) is 0 Å². The molecule has 0 saturated carbocycles. The van der Waals surface area contributed by atoms with E-state index in [1.54, 1.807) is 12.1 Å². The molecular formula is C15H14BrClFN. The van der Waals surface area contributed by atoms with Crippen molar-refractivity contribution in [1.82, 2.24) is 5.32 Å². The second-order valence-electron chi connectivity index (χ2n) is 4.35. The highest BCUT2D eigenvalue weighted by Gasteiger charge is 2.11. The van der Waals surface area contributed by atoms with Crippen LogP contribution in [0, 0.1) is 5.82 Å². The first-order valence-electron chi connectivity index (χ1n) is 5.97. The van der Waals surface area contributed by atoms with Crippen LogP contribution < -0.4 is 5.32 Å². The lowest BCUT2D eigenvalue weighted by molar-refractivity contribution is 0.589. The lowest BCUT2D eigenvalue weighted by atomic mass is 9.99. The highest BCUT2D eigenvalue weighted by molar-refractivity contribution is 9.10. The van der Waals surface area contributed by atoms with E-state index >= 15 is 0 Å². The number of hydrogen-bond donors (Lipinski definition) is 1. The zero-order chi connectivity index (χ0) is 13.8. The Hall–Kier alpha value is -0.900. The molecule has 1 nitrogen and oxygen atoms in total. The van der Waals surface area contributed by atoms with E-state index in [1.807, 2.05) is 19.2 Å². The van der Waals surface area contributed by atoms with E-state index in [2.05, 4.69) is 33.4 Å². The van der Waals surface area contributed by atoms with Crippen molar-refractivity contribution in [2.45, 2.75) is 12.5 Å². The Balaban J connectivity index is 2.18. The van der Waals surface area contributed by atoms with Crippen molar-refractivity contribution < 1.29 is 4.39 Å². The number of nitrogens with one attached hydrogen (secondary N) is 1. The van der Waals surface area contributed by atoms with Gasteiger partial charge in [0.05, 0.1) is 5.02 Å². The van der Waals surface area contributed by atoms with Gasteiger partial charge in [0, 0.05) is 10.5 Å². The van der Waals surface area contributed by atoms with Crippen LogP contribution in [0.3, 0.4) is 0 Å². The predicted molar refractivity (Wildman–Crippen MR) is 81.1 cm³/mol. The highest BCUT2D eigenvalue weighted by atomic mass is 79.9. The topological polar surface area (TPSA) is 12.0 Å². The lowest BCUT2D eigenvalue weighted by Gasteiger charge is -2.17. The number of likely N-dealkylation sites (N-methyl/N-ethyl adjacent to an activating group) is 1. The molecule has 0 aromatic heterocycles. The quantitative estimate of drug-likeness (QED) is 0.846. The Labute approximate surface area is 125 Å². The summed E-state index contributed by atoms with van der Waals surface area (Å²) in [4.78, 5) is 0. The normalized spacial score (nSPS) is 12.4. The van der Waals surface area contributed by atoms with Crippen LogP contribution in [0.15, 0.2) is 46.9 Å². The largest absolute Gasteiger partial charge is 0.313 e. The maximum absolute atomic E-state index is 13.1. The summed E-state index contributed by atoms with van der Waals surface area (Å²) in [6.45, 7) is 0. The molecule has 100 valence electrons. The van der Waals surface area contributed by atoms with Crippen LogP contribution in [-0.4, -0.2) is 7.05 Å². The minimum atomic E-state index is -0.380. The predicted octanol–water partition coefficient (Wildman–Crippen LogP) is 4.74. The van der Waals surface area contributed by atoms with Crippen LogP contribution in [0.5, 0.6) is 0 Å². The van der Waals surface area contributed by atoms with Crippen molar-refractivity contribution in [2.24, 2.45) is 0 Å². The Morgan fingerprint density at radius 2 is 1.89 bits per heavy atom. The van der Waals surface area contributed by atoms with Crippen LogP contribution in [0.25, 0.3) is 0 Å². The van der Waals surface area contributed by atoms with Gasteiger partial charge < -0.3 is 5.32 Å². The van der Waals surface area contributed by atoms with E-state index in [0.717, 1.165) is 16.5 Å². The van der Waals surface area contributed by atoms with E-state index in [1.165, 1.54) is 11.6 Å². The van der Waals surface area contributed by atoms with E-state index in [0.29, 0.717) is 0 Å². The van der Waals surface area contributed by atoms with Crippen molar-refractivity contribution in [3.8, 4) is 0 Å². The Kier molecular flexibility index (Phi) is 4.97. The molecule has 0 saturated heterocycles. The molecule has 2 aromatic rings. The van der Waals surface area contributed by atoms with E-state index in [9.17, 15) is 4.39 Å². The fourth-order valence-corrected chi connectivity index (χ4v) is 2.45. The smallest absolute Gasteiger partial charge is 0.141 e. The summed E-state index contributed by atoms with van der Waals surface area (Å²) in [5.74, 6) is -0.380. The fourth-order valence-electron chi connectivity index (χ4n) is 1.98. The van der Waals surface area contributed by atoms with Gasteiger partial charge in [0.1, 0.15) is 5.82 Å². The third kappa shape index (κ3) is 3.78. The summed E-state index contributed by atoms with van der Waals surface area (Å²) in [5.41, 5.74) is 2.19. The molecule has 1 atom stereocenters. The molecule has 4 heteroatoms. The summed E-state index contributed by atoms with van der Waals surface area (Å²) in [6, 6.07) is 13.2. The van der Waals surface area contributed by atoms with E-state index in [-0.39, 0.29) is 16.9 Å². The zero-order valence-electron chi connectivity index (χ0n) is 10.5. The molecule has 19 heavy (non-hydrogen) atoms. The standard InChI is InChI=1S/C15H14BrClFN/c1-19-15(11-3-5-12(16)6-4-11)9-10-2-7-14(18)13(17)8-10/h2-8,15,19H,9H2,1H3. The van der Waals surface area contributed by atoms with Crippen molar-refractivity contribution in [1.29, 1.82) is 0 Å². The first kappa shape index (κ1) is 14.5. The molecule has 0 radical (unpaired) electrons. The number of benzene rings is 2. The molecule has 2 rings (SSSR count). The Morgan fingerprint density at radius 3 is 2.47 bits per heavy atom. The lowest BCUT2D eigenvalue weighted by Crippen LogP contribution is -2.18. The summed E-state index contributed by atoms with van der Waals surface area (Å²) < 4.78 is 14.2. The molecule has 1 unspecified atom stereocenters. The summed E-state index contributed by atoms with van der Waals surface area (Å²) in [6.07, 6.45) is 0.762. The first-order valence-corrected chi connectivity index (χ1v) is 7.14. The van der Waals surface area contributed by atoms with Gasteiger partial charge in [-0.25, -0.2) is 4.39 Å². The van der Waals surface area contributed by atoms with Crippen LogP contribution in [0.1, 0.15) is 17.2 Å². The second-order valence-corrected chi connectivity index (χ2v) is 5.67. The Bertz CT molecular complexity index is 557. The maximum Gasteiger partial charge on any atom is 0.141 e. The zero-order valence-corrected chi connectivity index (χ0v) is 12.8.